The molecule has 0 saturated carbocycles. The first-order valence-electron chi connectivity index (χ1n) is 10.6. The quantitative estimate of drug-likeness (QED) is 0.672. The predicted octanol–water partition coefficient (Wildman–Crippen LogP) is 4.80. The highest BCUT2D eigenvalue weighted by atomic mass is 35.5. The molecule has 166 valence electrons. The summed E-state index contributed by atoms with van der Waals surface area (Å²) in [5.41, 5.74) is 2.71. The first-order valence-corrected chi connectivity index (χ1v) is 11.4. The molecule has 31 heavy (non-hydrogen) atoms. The van der Waals surface area contributed by atoms with Gasteiger partial charge in [0.2, 0.25) is 5.91 Å². The minimum absolute atomic E-state index is 0.0453. The second-order valence-corrected chi connectivity index (χ2v) is 9.27. The van der Waals surface area contributed by atoms with E-state index >= 15 is 0 Å². The molecule has 1 atom stereocenters. The van der Waals surface area contributed by atoms with Gasteiger partial charge in [-0.2, -0.15) is 0 Å². The van der Waals surface area contributed by atoms with Crippen molar-refractivity contribution in [2.75, 3.05) is 31.1 Å². The van der Waals surface area contributed by atoms with E-state index in [0.717, 1.165) is 13.1 Å². The monoisotopic (exact) mass is 461 g/mol. The Labute approximate surface area is 194 Å². The van der Waals surface area contributed by atoms with E-state index < -0.39 is 6.04 Å². The van der Waals surface area contributed by atoms with Crippen LogP contribution in [0, 0.1) is 12.8 Å². The van der Waals surface area contributed by atoms with Gasteiger partial charge in [-0.3, -0.25) is 9.59 Å². The molecule has 0 radical (unpaired) electrons. The standard InChI is InChI=1S/C24H29Cl2N3O2/c1-16(2)13-22(27-23(30)20-8-7-18(25)15-21(20)26)24(31)29-11-9-28(10-12-29)19-6-4-5-17(3)14-19/h4-8,14-16,22H,9-13H2,1-3H3,(H,27,30). The Morgan fingerprint density at radius 2 is 1.74 bits per heavy atom. The Balaban J connectivity index is 1.66. The van der Waals surface area contributed by atoms with Crippen molar-refractivity contribution < 1.29 is 9.59 Å². The summed E-state index contributed by atoms with van der Waals surface area (Å²) >= 11 is 12.1. The molecule has 0 bridgehead atoms. The lowest BCUT2D eigenvalue weighted by Gasteiger charge is -2.38. The molecule has 0 aromatic heterocycles. The fraction of sp³-hybridized carbons (Fsp3) is 0.417. The highest BCUT2D eigenvalue weighted by molar-refractivity contribution is 6.36. The lowest BCUT2D eigenvalue weighted by molar-refractivity contribution is -0.134. The Morgan fingerprint density at radius 3 is 2.35 bits per heavy atom. The van der Waals surface area contributed by atoms with Crippen molar-refractivity contribution in [1.82, 2.24) is 10.2 Å². The molecule has 1 N–H and O–H groups in total. The summed E-state index contributed by atoms with van der Waals surface area (Å²) in [7, 11) is 0. The van der Waals surface area contributed by atoms with Gasteiger partial charge in [0, 0.05) is 36.9 Å². The van der Waals surface area contributed by atoms with Gasteiger partial charge in [0.05, 0.1) is 10.6 Å². The number of benzene rings is 2. The molecule has 1 saturated heterocycles. The van der Waals surface area contributed by atoms with Crippen LogP contribution in [0.1, 0.15) is 36.2 Å². The highest BCUT2D eigenvalue weighted by Gasteiger charge is 2.30. The fourth-order valence-electron chi connectivity index (χ4n) is 3.83. The number of carbonyl (C=O) groups excluding carboxylic acids is 2. The molecule has 5 nitrogen and oxygen atoms in total. The summed E-state index contributed by atoms with van der Waals surface area (Å²) in [4.78, 5) is 30.2. The second-order valence-electron chi connectivity index (χ2n) is 8.43. The van der Waals surface area contributed by atoms with E-state index in [4.69, 9.17) is 23.2 Å². The lowest BCUT2D eigenvalue weighted by atomic mass is 10.0. The molecule has 3 rings (SSSR count). The van der Waals surface area contributed by atoms with Crippen molar-refractivity contribution in [1.29, 1.82) is 0 Å². The van der Waals surface area contributed by atoms with Gasteiger partial charge in [-0.25, -0.2) is 0 Å². The Hall–Kier alpha value is -2.24. The Kier molecular flexibility index (Phi) is 7.84. The van der Waals surface area contributed by atoms with Gasteiger partial charge in [-0.1, -0.05) is 49.2 Å². The molecule has 1 unspecified atom stereocenters. The van der Waals surface area contributed by atoms with Gasteiger partial charge >= 0.3 is 0 Å². The van der Waals surface area contributed by atoms with Crippen molar-refractivity contribution in [2.45, 2.75) is 33.2 Å². The number of amides is 2. The number of carbonyl (C=O) groups is 2. The van der Waals surface area contributed by atoms with E-state index in [-0.39, 0.29) is 22.8 Å². The van der Waals surface area contributed by atoms with Crippen LogP contribution in [0.4, 0.5) is 5.69 Å². The minimum Gasteiger partial charge on any atom is -0.368 e. The summed E-state index contributed by atoms with van der Waals surface area (Å²) < 4.78 is 0. The van der Waals surface area contributed by atoms with Crippen molar-refractivity contribution in [2.24, 2.45) is 5.92 Å². The molecule has 1 aliphatic rings. The first kappa shape index (κ1) is 23.4. The number of aryl methyl sites for hydroxylation is 1. The average molecular weight is 462 g/mol. The van der Waals surface area contributed by atoms with Crippen molar-refractivity contribution in [3.8, 4) is 0 Å². The van der Waals surface area contributed by atoms with E-state index in [1.807, 2.05) is 18.7 Å². The maximum atomic E-state index is 13.3. The Bertz CT molecular complexity index is 940. The fourth-order valence-corrected chi connectivity index (χ4v) is 4.33. The van der Waals surface area contributed by atoms with Crippen LogP contribution in [0.5, 0.6) is 0 Å². The van der Waals surface area contributed by atoms with Crippen molar-refractivity contribution in [3.05, 3.63) is 63.6 Å². The maximum absolute atomic E-state index is 13.3. The van der Waals surface area contributed by atoms with E-state index in [1.54, 1.807) is 12.1 Å². The third-order valence-electron chi connectivity index (χ3n) is 5.44. The number of halogens is 2. The van der Waals surface area contributed by atoms with Gasteiger partial charge in [0.15, 0.2) is 0 Å². The lowest BCUT2D eigenvalue weighted by Crippen LogP contribution is -2.55. The molecule has 0 aliphatic carbocycles. The molecular formula is C24H29Cl2N3O2. The Morgan fingerprint density at radius 1 is 1.03 bits per heavy atom. The van der Waals surface area contributed by atoms with Crippen LogP contribution in [-0.2, 0) is 4.79 Å². The number of nitrogens with zero attached hydrogens (tertiary/aromatic N) is 2. The third-order valence-corrected chi connectivity index (χ3v) is 5.99. The average Bonchev–Trinajstić information content (AvgIpc) is 2.72. The van der Waals surface area contributed by atoms with Gasteiger partial charge < -0.3 is 15.1 Å². The van der Waals surface area contributed by atoms with Gasteiger partial charge in [0.25, 0.3) is 5.91 Å². The highest BCUT2D eigenvalue weighted by Crippen LogP contribution is 2.22. The predicted molar refractivity (Wildman–Crippen MR) is 127 cm³/mol. The van der Waals surface area contributed by atoms with Crippen molar-refractivity contribution in [3.63, 3.8) is 0 Å². The minimum atomic E-state index is -0.593. The zero-order valence-electron chi connectivity index (χ0n) is 18.2. The van der Waals surface area contributed by atoms with Gasteiger partial charge in [-0.15, -0.1) is 0 Å². The van der Waals surface area contributed by atoms with Crippen molar-refractivity contribution >= 4 is 40.7 Å². The zero-order valence-corrected chi connectivity index (χ0v) is 19.7. The molecule has 0 spiro atoms. The number of piperazine rings is 1. The smallest absolute Gasteiger partial charge is 0.253 e. The SMILES string of the molecule is Cc1cccc(N2CCN(C(=O)C(CC(C)C)NC(=O)c3ccc(Cl)cc3Cl)CC2)c1. The van der Waals surface area contributed by atoms with Gasteiger partial charge in [-0.05, 0) is 55.2 Å². The van der Waals surface area contributed by atoms with Crippen LogP contribution < -0.4 is 10.2 Å². The van der Waals surface area contributed by atoms with E-state index in [9.17, 15) is 9.59 Å². The van der Waals surface area contributed by atoms with Crippen LogP contribution in [0.15, 0.2) is 42.5 Å². The normalized spacial score (nSPS) is 15.2. The van der Waals surface area contributed by atoms with Crippen LogP contribution in [-0.4, -0.2) is 48.9 Å². The van der Waals surface area contributed by atoms with Gasteiger partial charge in [0.1, 0.15) is 6.04 Å². The van der Waals surface area contributed by atoms with E-state index in [0.29, 0.717) is 30.1 Å². The molecular weight excluding hydrogens is 433 g/mol. The summed E-state index contributed by atoms with van der Waals surface area (Å²) in [6, 6.07) is 12.5. The second kappa shape index (κ2) is 10.4. The molecule has 7 heteroatoms. The zero-order chi connectivity index (χ0) is 22.5. The molecule has 1 heterocycles. The summed E-state index contributed by atoms with van der Waals surface area (Å²) in [5.74, 6) is -0.154. The molecule has 2 aromatic rings. The van der Waals surface area contributed by atoms with Crippen LogP contribution in [0.3, 0.4) is 0 Å². The third kappa shape index (κ3) is 6.14. The maximum Gasteiger partial charge on any atom is 0.253 e. The van der Waals surface area contributed by atoms with E-state index in [1.165, 1.54) is 17.3 Å². The van der Waals surface area contributed by atoms with Crippen LogP contribution in [0.2, 0.25) is 10.0 Å². The van der Waals surface area contributed by atoms with Crippen LogP contribution >= 0.6 is 23.2 Å². The van der Waals surface area contributed by atoms with E-state index in [2.05, 4.69) is 41.4 Å². The largest absolute Gasteiger partial charge is 0.368 e. The molecule has 1 fully saturated rings. The number of hydrogen-bond donors (Lipinski definition) is 1. The van der Waals surface area contributed by atoms with Crippen LogP contribution in [0.25, 0.3) is 0 Å². The number of anilines is 1. The number of rotatable bonds is 6. The number of nitrogens with one attached hydrogen (secondary N) is 1. The topological polar surface area (TPSA) is 52.6 Å². The summed E-state index contributed by atoms with van der Waals surface area (Å²) in [6.45, 7) is 8.93. The first-order chi connectivity index (χ1) is 14.7. The summed E-state index contributed by atoms with van der Waals surface area (Å²) in [6.07, 6.45) is 0.563. The molecule has 2 aromatic carbocycles. The summed E-state index contributed by atoms with van der Waals surface area (Å²) in [5, 5.41) is 3.63. The molecule has 1 aliphatic heterocycles. The molecule has 2 amide bonds. The number of hydrogen-bond acceptors (Lipinski definition) is 3.